The zero-order chi connectivity index (χ0) is 22.7. The molecule has 1 saturated heterocycles. The van der Waals surface area contributed by atoms with Crippen LogP contribution in [0.3, 0.4) is 0 Å². The molecule has 0 saturated carbocycles. The number of ketones is 1. The Morgan fingerprint density at radius 2 is 1.84 bits per heavy atom. The number of likely N-dealkylation sites (tertiary alicyclic amines) is 1. The monoisotopic (exact) mass is 429 g/mol. The van der Waals surface area contributed by atoms with Crippen molar-refractivity contribution in [3.63, 3.8) is 0 Å². The van der Waals surface area contributed by atoms with E-state index in [-0.39, 0.29) is 17.9 Å². The normalized spacial score (nSPS) is 17.5. The number of furan rings is 1. The van der Waals surface area contributed by atoms with E-state index in [1.54, 1.807) is 42.5 Å². The van der Waals surface area contributed by atoms with E-state index in [0.717, 1.165) is 11.1 Å². The van der Waals surface area contributed by atoms with Crippen LogP contribution in [0.2, 0.25) is 0 Å². The molecule has 1 N–H and O–H groups in total. The maximum atomic E-state index is 13.0. The Bertz CT molecular complexity index is 1160. The largest absolute Gasteiger partial charge is 0.507 e. The fourth-order valence-electron chi connectivity index (χ4n) is 3.73. The van der Waals surface area contributed by atoms with Gasteiger partial charge in [0.15, 0.2) is 0 Å². The summed E-state index contributed by atoms with van der Waals surface area (Å²) in [5.74, 6) is -0.486. The standard InChI is InChI=1S/C26H23NO5/c1-3-14-31-20-12-10-19(11-13-20)24(28)22-23(18-8-6-17(2)7-9-18)27(26(30)25(22)29)16-21-5-4-15-32-21/h3-13,15,23,28H,1,14,16H2,2H3. The minimum Gasteiger partial charge on any atom is -0.507 e. The molecule has 0 aliphatic carbocycles. The van der Waals surface area contributed by atoms with E-state index in [4.69, 9.17) is 9.15 Å². The fourth-order valence-corrected chi connectivity index (χ4v) is 3.73. The molecule has 3 aromatic rings. The van der Waals surface area contributed by atoms with E-state index in [2.05, 4.69) is 6.58 Å². The van der Waals surface area contributed by atoms with Crippen LogP contribution in [-0.4, -0.2) is 28.3 Å². The zero-order valence-corrected chi connectivity index (χ0v) is 17.7. The number of aryl methyl sites for hydroxylation is 1. The summed E-state index contributed by atoms with van der Waals surface area (Å²) in [5.41, 5.74) is 2.25. The Labute approximate surface area is 186 Å². The van der Waals surface area contributed by atoms with Crippen LogP contribution in [-0.2, 0) is 16.1 Å². The summed E-state index contributed by atoms with van der Waals surface area (Å²) in [6.45, 7) is 6.04. The Morgan fingerprint density at radius 1 is 1.12 bits per heavy atom. The van der Waals surface area contributed by atoms with E-state index >= 15 is 0 Å². The van der Waals surface area contributed by atoms with Crippen LogP contribution < -0.4 is 4.74 Å². The number of hydrogen-bond donors (Lipinski definition) is 1. The van der Waals surface area contributed by atoms with Crippen LogP contribution >= 0.6 is 0 Å². The molecular formula is C26H23NO5. The van der Waals surface area contributed by atoms with Gasteiger partial charge in [0.2, 0.25) is 0 Å². The Hall–Kier alpha value is -4.06. The van der Waals surface area contributed by atoms with Gasteiger partial charge in [-0.15, -0.1) is 0 Å². The van der Waals surface area contributed by atoms with Crippen molar-refractivity contribution < 1.29 is 23.8 Å². The van der Waals surface area contributed by atoms with Gasteiger partial charge >= 0.3 is 0 Å². The highest BCUT2D eigenvalue weighted by molar-refractivity contribution is 6.46. The molecule has 2 aromatic carbocycles. The van der Waals surface area contributed by atoms with Gasteiger partial charge in [-0.25, -0.2) is 0 Å². The lowest BCUT2D eigenvalue weighted by Crippen LogP contribution is -2.29. The molecule has 1 amide bonds. The summed E-state index contributed by atoms with van der Waals surface area (Å²) in [4.78, 5) is 27.4. The van der Waals surface area contributed by atoms with Crippen LogP contribution in [0.25, 0.3) is 5.76 Å². The number of carbonyl (C=O) groups excluding carboxylic acids is 2. The Balaban J connectivity index is 1.78. The second kappa shape index (κ2) is 8.98. The van der Waals surface area contributed by atoms with Crippen LogP contribution in [0.1, 0.15) is 28.5 Å². The molecule has 0 bridgehead atoms. The molecular weight excluding hydrogens is 406 g/mol. The predicted octanol–water partition coefficient (Wildman–Crippen LogP) is 4.77. The van der Waals surface area contributed by atoms with E-state index in [1.165, 1.54) is 11.2 Å². The van der Waals surface area contributed by atoms with Crippen molar-refractivity contribution in [1.82, 2.24) is 4.90 Å². The van der Waals surface area contributed by atoms with E-state index < -0.39 is 17.7 Å². The molecule has 162 valence electrons. The highest BCUT2D eigenvalue weighted by Crippen LogP contribution is 2.40. The van der Waals surface area contributed by atoms with Crippen molar-refractivity contribution in [3.8, 4) is 5.75 Å². The number of benzene rings is 2. The second-order valence-electron chi connectivity index (χ2n) is 7.54. The second-order valence-corrected chi connectivity index (χ2v) is 7.54. The van der Waals surface area contributed by atoms with E-state index in [1.807, 2.05) is 31.2 Å². The summed E-state index contributed by atoms with van der Waals surface area (Å²) in [5, 5.41) is 11.1. The lowest BCUT2D eigenvalue weighted by molar-refractivity contribution is -0.140. The maximum absolute atomic E-state index is 13.0. The predicted molar refractivity (Wildman–Crippen MR) is 120 cm³/mol. The fraction of sp³-hybridized carbons (Fsp3) is 0.154. The Kier molecular flexibility index (Phi) is 5.94. The van der Waals surface area contributed by atoms with Gasteiger partial charge < -0.3 is 19.2 Å². The van der Waals surface area contributed by atoms with E-state index in [9.17, 15) is 14.7 Å². The number of Topliss-reactive ketones (excluding diaryl/α,β-unsaturated/α-hetero) is 1. The summed E-state index contributed by atoms with van der Waals surface area (Å²) in [6, 6.07) is 17.0. The highest BCUT2D eigenvalue weighted by Gasteiger charge is 2.46. The third-order valence-electron chi connectivity index (χ3n) is 5.33. The number of carbonyl (C=O) groups is 2. The Morgan fingerprint density at radius 3 is 2.47 bits per heavy atom. The molecule has 1 fully saturated rings. The molecule has 6 nitrogen and oxygen atoms in total. The van der Waals surface area contributed by atoms with Gasteiger partial charge in [-0.2, -0.15) is 0 Å². The van der Waals surface area contributed by atoms with E-state index in [0.29, 0.717) is 23.7 Å². The number of aliphatic hydroxyl groups excluding tert-OH is 1. The van der Waals surface area contributed by atoms with Crippen molar-refractivity contribution in [2.75, 3.05) is 6.61 Å². The average molecular weight is 429 g/mol. The van der Waals surface area contributed by atoms with Gasteiger partial charge in [-0.1, -0.05) is 42.5 Å². The summed E-state index contributed by atoms with van der Waals surface area (Å²) >= 11 is 0. The summed E-state index contributed by atoms with van der Waals surface area (Å²) in [6.07, 6.45) is 3.15. The topological polar surface area (TPSA) is 80.0 Å². The molecule has 1 aliphatic heterocycles. The van der Waals surface area contributed by atoms with Crippen molar-refractivity contribution in [3.05, 3.63) is 108 Å². The highest BCUT2D eigenvalue weighted by atomic mass is 16.5. The molecule has 1 aliphatic rings. The number of rotatable bonds is 7. The quantitative estimate of drug-likeness (QED) is 0.253. The van der Waals surface area contributed by atoms with Crippen molar-refractivity contribution in [1.29, 1.82) is 0 Å². The molecule has 1 aromatic heterocycles. The molecule has 1 atom stereocenters. The van der Waals surface area contributed by atoms with Gasteiger partial charge in [0, 0.05) is 5.56 Å². The first-order chi connectivity index (χ1) is 15.5. The average Bonchev–Trinajstić information content (AvgIpc) is 3.41. The molecule has 32 heavy (non-hydrogen) atoms. The zero-order valence-electron chi connectivity index (χ0n) is 17.7. The van der Waals surface area contributed by atoms with Gasteiger partial charge in [-0.05, 0) is 48.9 Å². The van der Waals surface area contributed by atoms with Crippen LogP contribution in [0, 0.1) is 6.92 Å². The number of nitrogens with zero attached hydrogens (tertiary/aromatic N) is 1. The molecule has 1 unspecified atom stereocenters. The SMILES string of the molecule is C=CCOc1ccc(C(O)=C2C(=O)C(=O)N(Cc3ccco3)C2c2ccc(C)cc2)cc1. The molecule has 6 heteroatoms. The molecule has 0 spiro atoms. The van der Waals surface area contributed by atoms with Crippen molar-refractivity contribution >= 4 is 17.4 Å². The lowest BCUT2D eigenvalue weighted by atomic mass is 9.94. The molecule has 0 radical (unpaired) electrons. The van der Waals surface area contributed by atoms with Gasteiger partial charge in [-0.3, -0.25) is 9.59 Å². The molecule has 4 rings (SSSR count). The lowest BCUT2D eigenvalue weighted by Gasteiger charge is -2.24. The minimum atomic E-state index is -0.739. The maximum Gasteiger partial charge on any atom is 0.296 e. The summed E-state index contributed by atoms with van der Waals surface area (Å²) < 4.78 is 10.9. The molecule has 2 heterocycles. The van der Waals surface area contributed by atoms with Crippen LogP contribution in [0.15, 0.2) is 89.6 Å². The van der Waals surface area contributed by atoms with Crippen molar-refractivity contribution in [2.24, 2.45) is 0 Å². The van der Waals surface area contributed by atoms with Gasteiger partial charge in [0.25, 0.3) is 11.7 Å². The number of ether oxygens (including phenoxy) is 1. The van der Waals surface area contributed by atoms with Gasteiger partial charge in [0.05, 0.1) is 24.4 Å². The number of amides is 1. The minimum absolute atomic E-state index is 0.0465. The smallest absolute Gasteiger partial charge is 0.296 e. The van der Waals surface area contributed by atoms with Gasteiger partial charge in [0.1, 0.15) is 23.9 Å². The number of hydrogen-bond acceptors (Lipinski definition) is 5. The van der Waals surface area contributed by atoms with Crippen LogP contribution in [0.4, 0.5) is 0 Å². The van der Waals surface area contributed by atoms with Crippen LogP contribution in [0.5, 0.6) is 5.75 Å². The third kappa shape index (κ3) is 4.07. The first kappa shape index (κ1) is 21.2. The third-order valence-corrected chi connectivity index (χ3v) is 5.33. The first-order valence-electron chi connectivity index (χ1n) is 10.2. The number of aliphatic hydroxyl groups is 1. The first-order valence-corrected chi connectivity index (χ1v) is 10.2. The summed E-state index contributed by atoms with van der Waals surface area (Å²) in [7, 11) is 0. The van der Waals surface area contributed by atoms with Crippen molar-refractivity contribution in [2.45, 2.75) is 19.5 Å².